The van der Waals surface area contributed by atoms with Gasteiger partial charge < -0.3 is 14.2 Å². The highest BCUT2D eigenvalue weighted by atomic mass is 79.9. The van der Waals surface area contributed by atoms with E-state index in [1.807, 2.05) is 0 Å². The van der Waals surface area contributed by atoms with Crippen molar-refractivity contribution in [2.45, 2.75) is 24.5 Å². The molecule has 0 spiro atoms. The number of hydrogen-bond donors (Lipinski definition) is 0. The molecule has 1 heterocycles. The number of rotatable bonds is 3. The summed E-state index contributed by atoms with van der Waals surface area (Å²) < 4.78 is 15.8. The van der Waals surface area contributed by atoms with Gasteiger partial charge in [0.15, 0.2) is 0 Å². The van der Waals surface area contributed by atoms with Gasteiger partial charge in [-0.1, -0.05) is 15.9 Å². The molecular formula is C13H16BrNO6. The quantitative estimate of drug-likeness (QED) is 0.330. The van der Waals surface area contributed by atoms with E-state index in [1.165, 1.54) is 19.3 Å². The molecule has 116 valence electrons. The molecule has 0 radical (unpaired) electrons. The van der Waals surface area contributed by atoms with E-state index in [4.69, 9.17) is 14.2 Å². The first-order valence-corrected chi connectivity index (χ1v) is 7.29. The summed E-state index contributed by atoms with van der Waals surface area (Å²) in [7, 11) is 1.47. The smallest absolute Gasteiger partial charge is 0.314 e. The minimum Gasteiger partial charge on any atom is -0.500 e. The summed E-state index contributed by atoms with van der Waals surface area (Å²) in [5.74, 6) is -2.49. The molecular weight excluding hydrogens is 346 g/mol. The minimum absolute atomic E-state index is 0.0563. The van der Waals surface area contributed by atoms with E-state index in [0.29, 0.717) is 5.76 Å². The topological polar surface area (TPSA) is 87.9 Å². The van der Waals surface area contributed by atoms with Gasteiger partial charge in [0.1, 0.15) is 5.76 Å². The lowest BCUT2D eigenvalue weighted by molar-refractivity contribution is -0.436. The third-order valence-corrected chi connectivity index (χ3v) is 4.51. The van der Waals surface area contributed by atoms with E-state index < -0.39 is 33.3 Å². The van der Waals surface area contributed by atoms with E-state index in [0.717, 1.165) is 0 Å². The van der Waals surface area contributed by atoms with E-state index in [9.17, 15) is 14.9 Å². The first kappa shape index (κ1) is 16.0. The van der Waals surface area contributed by atoms with Gasteiger partial charge in [-0.2, -0.15) is 0 Å². The molecule has 3 atom stereocenters. The highest BCUT2D eigenvalue weighted by molar-refractivity contribution is 9.09. The van der Waals surface area contributed by atoms with Crippen molar-refractivity contribution in [2.75, 3.05) is 13.7 Å². The third-order valence-electron chi connectivity index (χ3n) is 3.49. The molecule has 0 saturated carbocycles. The largest absolute Gasteiger partial charge is 0.500 e. The Kier molecular flexibility index (Phi) is 4.38. The van der Waals surface area contributed by atoms with Crippen molar-refractivity contribution in [2.24, 2.45) is 11.8 Å². The molecule has 0 aromatic rings. The molecule has 1 aliphatic heterocycles. The van der Waals surface area contributed by atoms with E-state index in [1.54, 1.807) is 13.8 Å². The van der Waals surface area contributed by atoms with Crippen LogP contribution in [0.4, 0.5) is 0 Å². The molecule has 7 nitrogen and oxygen atoms in total. The Bertz CT molecular complexity index is 527. The van der Waals surface area contributed by atoms with Crippen LogP contribution in [0, 0.1) is 22.0 Å². The van der Waals surface area contributed by atoms with Crippen LogP contribution in [0.3, 0.4) is 0 Å². The van der Waals surface area contributed by atoms with Crippen molar-refractivity contribution in [3.05, 3.63) is 33.7 Å². The lowest BCUT2D eigenvalue weighted by Crippen LogP contribution is -2.48. The van der Waals surface area contributed by atoms with Crippen molar-refractivity contribution in [1.29, 1.82) is 0 Å². The molecule has 1 aliphatic carbocycles. The van der Waals surface area contributed by atoms with Crippen LogP contribution in [0.15, 0.2) is 23.6 Å². The normalized spacial score (nSPS) is 31.8. The van der Waals surface area contributed by atoms with Gasteiger partial charge in [0, 0.05) is 19.9 Å². The summed E-state index contributed by atoms with van der Waals surface area (Å²) in [6.45, 7) is 3.30. The first-order valence-electron chi connectivity index (χ1n) is 6.38. The summed E-state index contributed by atoms with van der Waals surface area (Å²) in [5.41, 5.74) is -0.0667. The molecule has 0 amide bonds. The maximum atomic E-state index is 12.2. The van der Waals surface area contributed by atoms with Gasteiger partial charge in [-0.15, -0.1) is 0 Å². The number of ether oxygens (including phenoxy) is 3. The Morgan fingerprint density at radius 2 is 2.14 bits per heavy atom. The van der Waals surface area contributed by atoms with Crippen LogP contribution in [0.2, 0.25) is 0 Å². The predicted molar refractivity (Wildman–Crippen MR) is 76.0 cm³/mol. The Morgan fingerprint density at radius 3 is 2.67 bits per heavy atom. The summed E-state index contributed by atoms with van der Waals surface area (Å²) in [4.78, 5) is 22.4. The van der Waals surface area contributed by atoms with Crippen LogP contribution >= 0.6 is 15.9 Å². The van der Waals surface area contributed by atoms with Crippen LogP contribution in [0.1, 0.15) is 13.8 Å². The van der Waals surface area contributed by atoms with E-state index >= 15 is 0 Å². The number of alkyl halides is 1. The zero-order valence-corrected chi connectivity index (χ0v) is 13.5. The first-order chi connectivity index (χ1) is 9.76. The van der Waals surface area contributed by atoms with Gasteiger partial charge in [-0.25, -0.2) is 0 Å². The molecule has 1 fully saturated rings. The second-order valence-corrected chi connectivity index (χ2v) is 6.27. The summed E-state index contributed by atoms with van der Waals surface area (Å²) in [5, 5.41) is 11.2. The highest BCUT2D eigenvalue weighted by Crippen LogP contribution is 2.40. The molecule has 3 unspecified atom stereocenters. The number of esters is 1. The van der Waals surface area contributed by atoms with Crippen molar-refractivity contribution in [1.82, 2.24) is 0 Å². The number of allylic oxidation sites excluding steroid dienone is 4. The average Bonchev–Trinajstić information content (AvgIpc) is 2.38. The Labute approximate surface area is 130 Å². The Morgan fingerprint density at radius 1 is 1.48 bits per heavy atom. The van der Waals surface area contributed by atoms with Gasteiger partial charge >= 0.3 is 5.97 Å². The van der Waals surface area contributed by atoms with Crippen LogP contribution < -0.4 is 0 Å². The fraction of sp³-hybridized carbons (Fsp3) is 0.615. The highest BCUT2D eigenvalue weighted by Gasteiger charge is 2.49. The molecule has 2 aliphatic rings. The molecule has 0 aromatic heterocycles. The third kappa shape index (κ3) is 3.11. The van der Waals surface area contributed by atoms with Gasteiger partial charge in [-0.3, -0.25) is 14.9 Å². The van der Waals surface area contributed by atoms with Gasteiger partial charge in [0.05, 0.1) is 35.3 Å². The van der Waals surface area contributed by atoms with Gasteiger partial charge in [0.2, 0.25) is 5.79 Å². The van der Waals surface area contributed by atoms with E-state index in [-0.39, 0.29) is 12.3 Å². The van der Waals surface area contributed by atoms with Gasteiger partial charge in [-0.05, 0) is 6.08 Å². The Balaban J connectivity index is 2.32. The van der Waals surface area contributed by atoms with Crippen LogP contribution in [0.25, 0.3) is 0 Å². The van der Waals surface area contributed by atoms with Crippen molar-refractivity contribution < 1.29 is 23.9 Å². The average molecular weight is 362 g/mol. The minimum atomic E-state index is -1.01. The standard InChI is InChI=1S/C13H16BrNO6/c1-13(2)20-6-7(12(16)21-13)10-8(15(17)18)4-5-9(19-3)11(10)14/h4-5,7,10-11H,6H2,1-3H3. The fourth-order valence-corrected chi connectivity index (χ4v) is 3.41. The van der Waals surface area contributed by atoms with Crippen LogP contribution in [-0.2, 0) is 19.0 Å². The molecule has 2 rings (SSSR count). The van der Waals surface area contributed by atoms with Crippen molar-refractivity contribution in [3.63, 3.8) is 0 Å². The molecule has 8 heteroatoms. The lowest BCUT2D eigenvalue weighted by atomic mass is 9.83. The number of methoxy groups -OCH3 is 1. The maximum absolute atomic E-state index is 12.2. The summed E-state index contributed by atoms with van der Waals surface area (Å²) >= 11 is 3.38. The zero-order chi connectivity index (χ0) is 15.8. The second kappa shape index (κ2) is 5.76. The number of halogens is 1. The number of hydrogen-bond acceptors (Lipinski definition) is 6. The lowest BCUT2D eigenvalue weighted by Gasteiger charge is -2.38. The maximum Gasteiger partial charge on any atom is 0.314 e. The van der Waals surface area contributed by atoms with E-state index in [2.05, 4.69) is 15.9 Å². The number of nitrogens with zero attached hydrogens (tertiary/aromatic N) is 1. The fourth-order valence-electron chi connectivity index (χ4n) is 2.43. The van der Waals surface area contributed by atoms with Crippen LogP contribution in [0.5, 0.6) is 0 Å². The van der Waals surface area contributed by atoms with Crippen LogP contribution in [-0.4, -0.2) is 35.2 Å². The van der Waals surface area contributed by atoms with Crippen molar-refractivity contribution in [3.8, 4) is 0 Å². The SMILES string of the molecule is COC1=CC=C([N+](=O)[O-])C(C2COC(C)(C)OC2=O)C1Br. The zero-order valence-electron chi connectivity index (χ0n) is 11.9. The number of cyclic esters (lactones) is 1. The monoisotopic (exact) mass is 361 g/mol. The second-order valence-electron chi connectivity index (χ2n) is 5.29. The summed E-state index contributed by atoms with van der Waals surface area (Å²) in [6.07, 6.45) is 2.88. The predicted octanol–water partition coefficient (Wildman–Crippen LogP) is 2.00. The Hall–Kier alpha value is -1.41. The molecule has 1 saturated heterocycles. The molecule has 0 aromatic carbocycles. The van der Waals surface area contributed by atoms with Gasteiger partial charge in [0.25, 0.3) is 5.70 Å². The number of nitro groups is 1. The molecule has 0 bridgehead atoms. The number of carbonyl (C=O) groups is 1. The van der Waals surface area contributed by atoms with Crippen molar-refractivity contribution >= 4 is 21.9 Å². The molecule has 0 N–H and O–H groups in total. The number of carbonyl (C=O) groups excluding carboxylic acids is 1. The molecule has 21 heavy (non-hydrogen) atoms. The summed E-state index contributed by atoms with van der Waals surface area (Å²) in [6, 6.07) is 0.